The fraction of sp³-hybridized carbons (Fsp3) is 0.333. The van der Waals surface area contributed by atoms with Crippen molar-refractivity contribution in [1.82, 2.24) is 9.97 Å². The second-order valence-corrected chi connectivity index (χ2v) is 3.71. The molecule has 1 amide bonds. The molecule has 0 N–H and O–H groups in total. The Morgan fingerprint density at radius 1 is 1.40 bits per heavy atom. The van der Waals surface area contributed by atoms with Gasteiger partial charge in [0.15, 0.2) is 5.78 Å². The van der Waals surface area contributed by atoms with Crippen LogP contribution in [0.2, 0.25) is 5.15 Å². The van der Waals surface area contributed by atoms with Gasteiger partial charge in [-0.1, -0.05) is 11.6 Å². The van der Waals surface area contributed by atoms with E-state index in [1.807, 2.05) is 0 Å². The summed E-state index contributed by atoms with van der Waals surface area (Å²) >= 11 is 5.74. The van der Waals surface area contributed by atoms with Crippen molar-refractivity contribution in [3.05, 3.63) is 16.9 Å². The zero-order chi connectivity index (χ0) is 11.0. The highest BCUT2D eigenvalue weighted by atomic mass is 35.5. The highest BCUT2D eigenvalue weighted by molar-refractivity contribution is 6.29. The van der Waals surface area contributed by atoms with Crippen molar-refractivity contribution in [2.45, 2.75) is 13.3 Å². The summed E-state index contributed by atoms with van der Waals surface area (Å²) < 4.78 is 0. The molecule has 1 aliphatic rings. The molecule has 0 radical (unpaired) electrons. The molecule has 1 aliphatic heterocycles. The van der Waals surface area contributed by atoms with E-state index in [9.17, 15) is 9.59 Å². The van der Waals surface area contributed by atoms with Crippen molar-refractivity contribution in [1.29, 1.82) is 0 Å². The quantitative estimate of drug-likeness (QED) is 0.523. The van der Waals surface area contributed by atoms with E-state index >= 15 is 0 Å². The first-order valence-electron chi connectivity index (χ1n) is 4.39. The van der Waals surface area contributed by atoms with Crippen LogP contribution in [0.1, 0.15) is 12.1 Å². The van der Waals surface area contributed by atoms with E-state index in [-0.39, 0.29) is 35.8 Å². The van der Waals surface area contributed by atoms with E-state index in [2.05, 4.69) is 9.97 Å². The van der Waals surface area contributed by atoms with E-state index in [1.54, 1.807) is 13.0 Å². The molecule has 1 aromatic rings. The number of carbonyl (C=O) groups is 2. The second-order valence-electron chi connectivity index (χ2n) is 3.33. The number of amides is 1. The topological polar surface area (TPSA) is 63.2 Å². The third kappa shape index (κ3) is 1.97. The number of hydrogen-bond donors (Lipinski definition) is 0. The first-order chi connectivity index (χ1) is 7.06. The second kappa shape index (κ2) is 3.58. The summed E-state index contributed by atoms with van der Waals surface area (Å²) in [6, 6.07) is 1.59. The zero-order valence-corrected chi connectivity index (χ0v) is 8.78. The molecule has 0 atom stereocenters. The van der Waals surface area contributed by atoms with Gasteiger partial charge in [0.25, 0.3) is 0 Å². The molecular formula is C9H8ClN3O2. The summed E-state index contributed by atoms with van der Waals surface area (Å²) in [6.07, 6.45) is -0.0745. The van der Waals surface area contributed by atoms with Gasteiger partial charge < -0.3 is 0 Å². The van der Waals surface area contributed by atoms with Crippen molar-refractivity contribution in [3.8, 4) is 0 Å². The Kier molecular flexibility index (Phi) is 2.40. The number of halogens is 1. The number of carbonyl (C=O) groups excluding carboxylic acids is 2. The lowest BCUT2D eigenvalue weighted by atomic mass is 10.3. The third-order valence-corrected chi connectivity index (χ3v) is 2.23. The smallest absolute Gasteiger partial charge is 0.237 e. The highest BCUT2D eigenvalue weighted by Crippen LogP contribution is 2.18. The lowest BCUT2D eigenvalue weighted by Gasteiger charge is -2.12. The van der Waals surface area contributed by atoms with Gasteiger partial charge in [-0.05, 0) is 13.0 Å². The van der Waals surface area contributed by atoms with Crippen LogP contribution in [0.25, 0.3) is 0 Å². The fourth-order valence-electron chi connectivity index (χ4n) is 1.40. The molecule has 15 heavy (non-hydrogen) atoms. The summed E-state index contributed by atoms with van der Waals surface area (Å²) in [5.74, 6) is -0.196. The van der Waals surface area contributed by atoms with Crippen molar-refractivity contribution >= 4 is 29.2 Å². The van der Waals surface area contributed by atoms with Gasteiger partial charge in [0.05, 0.1) is 13.0 Å². The van der Waals surface area contributed by atoms with Crippen LogP contribution < -0.4 is 4.90 Å². The number of ketones is 1. The van der Waals surface area contributed by atoms with Crippen LogP contribution in [0.3, 0.4) is 0 Å². The molecule has 0 aromatic carbocycles. The maximum absolute atomic E-state index is 11.4. The largest absolute Gasteiger partial charge is 0.297 e. The molecule has 5 nitrogen and oxygen atoms in total. The van der Waals surface area contributed by atoms with Crippen LogP contribution in [-0.4, -0.2) is 28.2 Å². The first kappa shape index (κ1) is 10.0. The minimum absolute atomic E-state index is 0.0403. The number of Topliss-reactive ketones (excluding diaryl/α,β-unsaturated/α-hetero) is 1. The fourth-order valence-corrected chi connectivity index (χ4v) is 1.64. The molecule has 78 valence electrons. The Morgan fingerprint density at radius 2 is 2.13 bits per heavy atom. The van der Waals surface area contributed by atoms with Gasteiger partial charge in [0.1, 0.15) is 5.15 Å². The summed E-state index contributed by atoms with van der Waals surface area (Å²) in [4.78, 5) is 31.7. The summed E-state index contributed by atoms with van der Waals surface area (Å²) in [7, 11) is 0. The van der Waals surface area contributed by atoms with E-state index in [0.29, 0.717) is 5.69 Å². The van der Waals surface area contributed by atoms with Crippen molar-refractivity contribution in [3.63, 3.8) is 0 Å². The predicted molar refractivity (Wildman–Crippen MR) is 53.8 cm³/mol. The van der Waals surface area contributed by atoms with Gasteiger partial charge in [-0.2, -0.15) is 0 Å². The molecule has 1 aromatic heterocycles. The molecule has 0 saturated carbocycles. The van der Waals surface area contributed by atoms with Gasteiger partial charge in [0.2, 0.25) is 11.9 Å². The number of aryl methyl sites for hydroxylation is 1. The van der Waals surface area contributed by atoms with Crippen LogP contribution in [0.5, 0.6) is 0 Å². The molecular weight excluding hydrogens is 218 g/mol. The van der Waals surface area contributed by atoms with E-state index in [1.165, 1.54) is 4.90 Å². The van der Waals surface area contributed by atoms with Gasteiger partial charge in [0, 0.05) is 5.69 Å². The molecule has 0 aliphatic carbocycles. The molecule has 1 saturated heterocycles. The first-order valence-corrected chi connectivity index (χ1v) is 4.77. The Balaban J connectivity index is 2.37. The predicted octanol–water partition coefficient (Wildman–Crippen LogP) is 0.744. The summed E-state index contributed by atoms with van der Waals surface area (Å²) in [5, 5.41) is 0.268. The Bertz CT molecular complexity index is 427. The Morgan fingerprint density at radius 3 is 2.67 bits per heavy atom. The Labute approximate surface area is 91.1 Å². The number of nitrogens with zero attached hydrogens (tertiary/aromatic N) is 3. The number of rotatable bonds is 1. The van der Waals surface area contributed by atoms with Crippen LogP contribution in [0.15, 0.2) is 6.07 Å². The van der Waals surface area contributed by atoms with Crippen LogP contribution in [-0.2, 0) is 9.59 Å². The molecule has 0 unspecified atom stereocenters. The average molecular weight is 226 g/mol. The molecule has 1 fully saturated rings. The maximum Gasteiger partial charge on any atom is 0.237 e. The number of aromatic nitrogens is 2. The van der Waals surface area contributed by atoms with Crippen molar-refractivity contribution < 1.29 is 9.59 Å². The van der Waals surface area contributed by atoms with Gasteiger partial charge in [-0.15, -0.1) is 0 Å². The molecule has 0 bridgehead atoms. The van der Waals surface area contributed by atoms with Crippen molar-refractivity contribution in [2.24, 2.45) is 0 Å². The molecule has 2 rings (SSSR count). The maximum atomic E-state index is 11.4. The van der Waals surface area contributed by atoms with E-state index < -0.39 is 0 Å². The standard InChI is InChI=1S/C9H8ClN3O2/c1-5-2-7(10)12-9(11-5)13-4-6(14)3-8(13)15/h2H,3-4H2,1H3. The summed E-state index contributed by atoms with van der Waals surface area (Å²) in [6.45, 7) is 1.79. The van der Waals surface area contributed by atoms with Gasteiger partial charge in [-0.3, -0.25) is 14.5 Å². The minimum atomic E-state index is -0.276. The van der Waals surface area contributed by atoms with E-state index in [0.717, 1.165) is 0 Å². The molecule has 6 heteroatoms. The Hall–Kier alpha value is -1.49. The van der Waals surface area contributed by atoms with E-state index in [4.69, 9.17) is 11.6 Å². The molecule has 2 heterocycles. The lowest BCUT2D eigenvalue weighted by molar-refractivity contribution is -0.121. The zero-order valence-electron chi connectivity index (χ0n) is 8.03. The van der Waals surface area contributed by atoms with Gasteiger partial charge >= 0.3 is 0 Å². The highest BCUT2D eigenvalue weighted by Gasteiger charge is 2.30. The van der Waals surface area contributed by atoms with Gasteiger partial charge in [-0.25, -0.2) is 9.97 Å². The number of hydrogen-bond acceptors (Lipinski definition) is 4. The van der Waals surface area contributed by atoms with Crippen LogP contribution in [0.4, 0.5) is 5.95 Å². The third-order valence-electron chi connectivity index (χ3n) is 2.04. The van der Waals surface area contributed by atoms with Crippen LogP contribution in [0, 0.1) is 6.92 Å². The lowest BCUT2D eigenvalue weighted by Crippen LogP contribution is -2.26. The normalized spacial score (nSPS) is 16.3. The SMILES string of the molecule is Cc1cc(Cl)nc(N2CC(=O)CC2=O)n1. The summed E-state index contributed by atoms with van der Waals surface area (Å²) in [5.41, 5.74) is 0.664. The monoisotopic (exact) mass is 225 g/mol. The minimum Gasteiger partial charge on any atom is -0.297 e. The van der Waals surface area contributed by atoms with Crippen LogP contribution >= 0.6 is 11.6 Å². The molecule has 0 spiro atoms. The average Bonchev–Trinajstić information content (AvgIpc) is 2.43. The van der Waals surface area contributed by atoms with Crippen molar-refractivity contribution in [2.75, 3.05) is 11.4 Å². The number of anilines is 1.